The molecule has 0 bridgehead atoms. The van der Waals surface area contributed by atoms with Gasteiger partial charge in [0.1, 0.15) is 0 Å². The Kier molecular flexibility index (Phi) is 3.17. The summed E-state index contributed by atoms with van der Waals surface area (Å²) in [7, 11) is 0. The predicted molar refractivity (Wildman–Crippen MR) is 92.6 cm³/mol. The molecule has 4 aromatic rings. The van der Waals surface area contributed by atoms with Gasteiger partial charge in [-0.15, -0.1) is 0 Å². The van der Waals surface area contributed by atoms with Crippen molar-refractivity contribution in [3.63, 3.8) is 0 Å². The third-order valence-electron chi connectivity index (χ3n) is 3.92. The topological polar surface area (TPSA) is 12.9 Å². The number of nitrogens with zero attached hydrogens (tertiary/aromatic N) is 1. The van der Waals surface area contributed by atoms with Gasteiger partial charge >= 0.3 is 0 Å². The summed E-state index contributed by atoms with van der Waals surface area (Å²) in [6, 6.07) is 29.5. The molecule has 4 rings (SSSR count). The van der Waals surface area contributed by atoms with Gasteiger partial charge in [0.2, 0.25) is 0 Å². The van der Waals surface area contributed by atoms with Crippen molar-refractivity contribution < 1.29 is 0 Å². The molecule has 0 N–H and O–H groups in total. The number of hydrogen-bond donors (Lipinski definition) is 0. The lowest BCUT2D eigenvalue weighted by Crippen LogP contribution is -1.87. The zero-order valence-corrected chi connectivity index (χ0v) is 12.1. The Bertz CT molecular complexity index is 912. The van der Waals surface area contributed by atoms with E-state index in [9.17, 15) is 0 Å². The van der Waals surface area contributed by atoms with Crippen molar-refractivity contribution in [2.45, 2.75) is 0 Å². The average molecular weight is 281 g/mol. The largest absolute Gasteiger partial charge is 0.256 e. The van der Waals surface area contributed by atoms with E-state index in [0.29, 0.717) is 0 Å². The number of fused-ring (bicyclic) bond motifs is 1. The van der Waals surface area contributed by atoms with E-state index in [1.807, 2.05) is 18.3 Å². The Morgan fingerprint density at radius 2 is 1.23 bits per heavy atom. The van der Waals surface area contributed by atoms with Gasteiger partial charge in [0, 0.05) is 17.1 Å². The minimum Gasteiger partial charge on any atom is -0.256 e. The fourth-order valence-corrected chi connectivity index (χ4v) is 2.80. The zero-order chi connectivity index (χ0) is 14.8. The van der Waals surface area contributed by atoms with Crippen LogP contribution in [0, 0.1) is 0 Å². The summed E-state index contributed by atoms with van der Waals surface area (Å²) >= 11 is 0. The highest BCUT2D eigenvalue weighted by Crippen LogP contribution is 2.30. The van der Waals surface area contributed by atoms with E-state index in [1.165, 1.54) is 21.9 Å². The summed E-state index contributed by atoms with van der Waals surface area (Å²) in [5, 5.41) is 2.41. The van der Waals surface area contributed by atoms with Crippen LogP contribution in [0.25, 0.3) is 33.2 Å². The molecule has 1 heteroatoms. The molecular weight excluding hydrogens is 266 g/mol. The van der Waals surface area contributed by atoms with Crippen LogP contribution in [0.2, 0.25) is 0 Å². The molecule has 0 radical (unpaired) electrons. The quantitative estimate of drug-likeness (QED) is 0.468. The fraction of sp³-hybridized carbons (Fsp3) is 0. The Balaban J connectivity index is 1.95. The maximum absolute atomic E-state index is 4.61. The van der Waals surface area contributed by atoms with Gasteiger partial charge in [-0.2, -0.15) is 0 Å². The SMILES string of the molecule is c1ccc(-c2ccc3ccnc(-c4ccccc4)c3c2)cc1. The minimum absolute atomic E-state index is 1.04. The second-order valence-corrected chi connectivity index (χ2v) is 5.33. The monoisotopic (exact) mass is 281 g/mol. The van der Waals surface area contributed by atoms with Crippen molar-refractivity contribution in [2.24, 2.45) is 0 Å². The number of pyridine rings is 1. The van der Waals surface area contributed by atoms with Crippen LogP contribution in [0.1, 0.15) is 0 Å². The van der Waals surface area contributed by atoms with Crippen molar-refractivity contribution in [2.75, 3.05) is 0 Å². The van der Waals surface area contributed by atoms with Gasteiger partial charge < -0.3 is 0 Å². The van der Waals surface area contributed by atoms with Crippen molar-refractivity contribution in [3.8, 4) is 22.4 Å². The van der Waals surface area contributed by atoms with Gasteiger partial charge in [-0.25, -0.2) is 0 Å². The molecule has 0 aliphatic carbocycles. The molecule has 1 nitrogen and oxygen atoms in total. The van der Waals surface area contributed by atoms with Crippen LogP contribution >= 0.6 is 0 Å². The van der Waals surface area contributed by atoms with Crippen molar-refractivity contribution in [1.82, 2.24) is 4.98 Å². The summed E-state index contributed by atoms with van der Waals surface area (Å²) in [5.41, 5.74) is 4.64. The first-order valence-corrected chi connectivity index (χ1v) is 7.41. The van der Waals surface area contributed by atoms with Crippen LogP contribution in [0.4, 0.5) is 0 Å². The molecule has 0 aliphatic rings. The molecule has 104 valence electrons. The summed E-state index contributed by atoms with van der Waals surface area (Å²) in [4.78, 5) is 4.61. The number of hydrogen-bond acceptors (Lipinski definition) is 1. The third kappa shape index (κ3) is 2.27. The Morgan fingerprint density at radius 1 is 0.545 bits per heavy atom. The lowest BCUT2D eigenvalue weighted by Gasteiger charge is -2.08. The van der Waals surface area contributed by atoms with E-state index in [0.717, 1.165) is 11.3 Å². The normalized spacial score (nSPS) is 10.7. The van der Waals surface area contributed by atoms with E-state index in [4.69, 9.17) is 0 Å². The van der Waals surface area contributed by atoms with Gasteiger partial charge in [-0.1, -0.05) is 72.8 Å². The first-order valence-electron chi connectivity index (χ1n) is 7.41. The predicted octanol–water partition coefficient (Wildman–Crippen LogP) is 5.57. The average Bonchev–Trinajstić information content (AvgIpc) is 2.62. The molecule has 0 aliphatic heterocycles. The third-order valence-corrected chi connectivity index (χ3v) is 3.92. The molecule has 0 fully saturated rings. The first kappa shape index (κ1) is 12.8. The van der Waals surface area contributed by atoms with Gasteiger partial charge in [-0.3, -0.25) is 4.98 Å². The maximum atomic E-state index is 4.61. The molecule has 0 atom stereocenters. The highest BCUT2D eigenvalue weighted by Gasteiger charge is 2.06. The summed E-state index contributed by atoms with van der Waals surface area (Å²) in [6.07, 6.45) is 1.88. The van der Waals surface area contributed by atoms with Gasteiger partial charge in [0.05, 0.1) is 5.69 Å². The first-order chi connectivity index (χ1) is 10.9. The highest BCUT2D eigenvalue weighted by atomic mass is 14.7. The molecule has 1 aromatic heterocycles. The van der Waals surface area contributed by atoms with Crippen LogP contribution in [0.5, 0.6) is 0 Å². The van der Waals surface area contributed by atoms with Crippen LogP contribution in [0.3, 0.4) is 0 Å². The van der Waals surface area contributed by atoms with Crippen molar-refractivity contribution >= 4 is 10.8 Å². The fourth-order valence-electron chi connectivity index (χ4n) is 2.80. The zero-order valence-electron chi connectivity index (χ0n) is 12.1. The van der Waals surface area contributed by atoms with Crippen LogP contribution < -0.4 is 0 Å². The maximum Gasteiger partial charge on any atom is 0.0780 e. The van der Waals surface area contributed by atoms with E-state index >= 15 is 0 Å². The summed E-state index contributed by atoms with van der Waals surface area (Å²) in [6.45, 7) is 0. The molecule has 3 aromatic carbocycles. The minimum atomic E-state index is 1.04. The molecular formula is C21H15N. The molecule has 0 amide bonds. The highest BCUT2D eigenvalue weighted by molar-refractivity contribution is 5.97. The molecule has 0 unspecified atom stereocenters. The lowest BCUT2D eigenvalue weighted by atomic mass is 9.98. The molecule has 0 saturated heterocycles. The second-order valence-electron chi connectivity index (χ2n) is 5.33. The molecule has 1 heterocycles. The van der Waals surface area contributed by atoms with Crippen molar-refractivity contribution in [1.29, 1.82) is 0 Å². The Labute approximate surface area is 129 Å². The van der Waals surface area contributed by atoms with Gasteiger partial charge in [0.15, 0.2) is 0 Å². The van der Waals surface area contributed by atoms with E-state index < -0.39 is 0 Å². The van der Waals surface area contributed by atoms with E-state index in [-0.39, 0.29) is 0 Å². The number of rotatable bonds is 2. The summed E-state index contributed by atoms with van der Waals surface area (Å²) < 4.78 is 0. The molecule has 0 saturated carbocycles. The lowest BCUT2D eigenvalue weighted by molar-refractivity contribution is 1.36. The van der Waals surface area contributed by atoms with Crippen molar-refractivity contribution in [3.05, 3.63) is 91.1 Å². The van der Waals surface area contributed by atoms with E-state index in [1.54, 1.807) is 0 Å². The van der Waals surface area contributed by atoms with Crippen LogP contribution in [-0.4, -0.2) is 4.98 Å². The number of benzene rings is 3. The number of aromatic nitrogens is 1. The van der Waals surface area contributed by atoms with Crippen LogP contribution in [-0.2, 0) is 0 Å². The van der Waals surface area contributed by atoms with Gasteiger partial charge in [-0.05, 0) is 28.6 Å². The van der Waals surface area contributed by atoms with E-state index in [2.05, 4.69) is 77.8 Å². The van der Waals surface area contributed by atoms with Gasteiger partial charge in [0.25, 0.3) is 0 Å². The smallest absolute Gasteiger partial charge is 0.0780 e. The van der Waals surface area contributed by atoms with Crippen LogP contribution in [0.15, 0.2) is 91.1 Å². The summed E-state index contributed by atoms with van der Waals surface area (Å²) in [5.74, 6) is 0. The standard InChI is InChI=1S/C21H15N/c1-3-7-16(8-4-1)19-12-11-17-13-14-22-21(20(17)15-19)18-9-5-2-6-10-18/h1-15H. The Morgan fingerprint density at radius 3 is 1.95 bits per heavy atom. The molecule has 0 spiro atoms. The second kappa shape index (κ2) is 5.45. The Hall–Kier alpha value is -2.93. The molecule has 22 heavy (non-hydrogen) atoms.